The van der Waals surface area contributed by atoms with Gasteiger partial charge in [0.1, 0.15) is 0 Å². The monoisotopic (exact) mass is 412 g/mol. The molecule has 0 aliphatic carbocycles. The van der Waals surface area contributed by atoms with E-state index < -0.39 is 5.60 Å². The van der Waals surface area contributed by atoms with Crippen LogP contribution in [0.3, 0.4) is 0 Å². The number of carbonyl (C=O) groups is 1. The molecular weight excluding hydrogens is 380 g/mol. The Kier molecular flexibility index (Phi) is 5.93. The van der Waals surface area contributed by atoms with Gasteiger partial charge >= 0.3 is 0 Å². The van der Waals surface area contributed by atoms with Crippen molar-refractivity contribution in [2.24, 2.45) is 0 Å². The van der Waals surface area contributed by atoms with Crippen LogP contribution in [0.25, 0.3) is 0 Å². The number of likely N-dealkylation sites (tertiary alicyclic amines) is 2. The summed E-state index contributed by atoms with van der Waals surface area (Å²) in [5.74, 6) is 1.85. The largest absolute Gasteiger partial charge is 0.386 e. The molecule has 0 spiro atoms. The average molecular weight is 413 g/mol. The van der Waals surface area contributed by atoms with E-state index in [1.807, 2.05) is 36.1 Å². The maximum Gasteiger partial charge on any atom is 0.253 e. The third-order valence-corrected chi connectivity index (χ3v) is 6.45. The van der Waals surface area contributed by atoms with Gasteiger partial charge in [0, 0.05) is 31.2 Å². The molecule has 1 unspecified atom stereocenters. The van der Waals surface area contributed by atoms with Crippen LogP contribution in [0.4, 0.5) is 0 Å². The Morgan fingerprint density at radius 3 is 2.43 bits per heavy atom. The van der Waals surface area contributed by atoms with Gasteiger partial charge in [-0.05, 0) is 70.7 Å². The molecule has 30 heavy (non-hydrogen) atoms. The van der Waals surface area contributed by atoms with Crippen LogP contribution in [-0.4, -0.2) is 63.2 Å². The van der Waals surface area contributed by atoms with E-state index in [9.17, 15) is 9.90 Å². The molecule has 7 heteroatoms. The topological polar surface area (TPSA) is 82.7 Å². The van der Waals surface area contributed by atoms with Crippen LogP contribution >= 0.6 is 0 Å². The van der Waals surface area contributed by atoms with E-state index in [-0.39, 0.29) is 5.91 Å². The number of benzene rings is 1. The minimum atomic E-state index is -0.897. The van der Waals surface area contributed by atoms with E-state index in [2.05, 4.69) is 15.0 Å². The van der Waals surface area contributed by atoms with Crippen molar-refractivity contribution in [1.82, 2.24) is 19.9 Å². The molecule has 1 aromatic carbocycles. The molecular formula is C23H32N4O3. The highest BCUT2D eigenvalue weighted by Crippen LogP contribution is 2.30. The Morgan fingerprint density at radius 1 is 1.13 bits per heavy atom. The maximum atomic E-state index is 12.9. The summed E-state index contributed by atoms with van der Waals surface area (Å²) in [4.78, 5) is 21.8. The van der Waals surface area contributed by atoms with Gasteiger partial charge in [0.15, 0.2) is 5.82 Å². The van der Waals surface area contributed by atoms with Crippen LogP contribution < -0.4 is 0 Å². The summed E-state index contributed by atoms with van der Waals surface area (Å²) in [6, 6.07) is 7.82. The number of piperidine rings is 2. The third-order valence-electron chi connectivity index (χ3n) is 6.45. The van der Waals surface area contributed by atoms with Crippen molar-refractivity contribution in [2.45, 2.75) is 64.0 Å². The van der Waals surface area contributed by atoms with Gasteiger partial charge < -0.3 is 14.5 Å². The normalized spacial score (nSPS) is 21.7. The first-order chi connectivity index (χ1) is 14.3. The molecule has 2 fully saturated rings. The zero-order valence-electron chi connectivity index (χ0n) is 18.2. The number of nitrogens with zero attached hydrogens (tertiary/aromatic N) is 4. The Morgan fingerprint density at radius 2 is 1.83 bits per heavy atom. The fraction of sp³-hybridized carbons (Fsp3) is 0.609. The van der Waals surface area contributed by atoms with E-state index in [0.717, 1.165) is 63.3 Å². The van der Waals surface area contributed by atoms with E-state index in [1.54, 1.807) is 13.8 Å². The molecule has 1 amide bonds. The molecule has 1 N–H and O–H groups in total. The molecule has 7 nitrogen and oxygen atoms in total. The molecule has 0 saturated carbocycles. The number of hydrogen-bond acceptors (Lipinski definition) is 6. The standard InChI is InChI=1S/C23H32N4O3/c1-16-24-21(30-25-16)18-5-4-12-27(15-18)20-10-13-26(14-11-20)22(28)17-6-8-19(9-7-17)23(2,3)29/h6-9,18,20,29H,4-5,10-15H2,1-3H3. The number of rotatable bonds is 4. The molecule has 3 heterocycles. The highest BCUT2D eigenvalue weighted by atomic mass is 16.5. The van der Waals surface area contributed by atoms with E-state index in [1.165, 1.54) is 0 Å². The van der Waals surface area contributed by atoms with Crippen molar-refractivity contribution in [1.29, 1.82) is 0 Å². The highest BCUT2D eigenvalue weighted by Gasteiger charge is 2.32. The second-order valence-electron chi connectivity index (χ2n) is 9.17. The maximum absolute atomic E-state index is 12.9. The Bertz CT molecular complexity index is 863. The number of carbonyl (C=O) groups excluding carboxylic acids is 1. The molecule has 162 valence electrons. The van der Waals surface area contributed by atoms with Crippen molar-refractivity contribution in [3.63, 3.8) is 0 Å². The Balaban J connectivity index is 1.32. The first-order valence-corrected chi connectivity index (χ1v) is 11.0. The molecule has 2 aromatic rings. The molecule has 0 radical (unpaired) electrons. The first kappa shape index (κ1) is 21.0. The summed E-state index contributed by atoms with van der Waals surface area (Å²) in [6.45, 7) is 8.96. The lowest BCUT2D eigenvalue weighted by molar-refractivity contribution is 0.0557. The smallest absolute Gasteiger partial charge is 0.253 e. The fourth-order valence-electron chi connectivity index (χ4n) is 4.66. The summed E-state index contributed by atoms with van der Waals surface area (Å²) >= 11 is 0. The van der Waals surface area contributed by atoms with E-state index in [0.29, 0.717) is 23.3 Å². The van der Waals surface area contributed by atoms with Crippen molar-refractivity contribution >= 4 is 5.91 Å². The zero-order valence-corrected chi connectivity index (χ0v) is 18.2. The van der Waals surface area contributed by atoms with Gasteiger partial charge in [-0.25, -0.2) is 0 Å². The molecule has 1 aromatic heterocycles. The SMILES string of the molecule is Cc1noc(C2CCCN(C3CCN(C(=O)c4ccc(C(C)(C)O)cc4)CC3)C2)n1. The summed E-state index contributed by atoms with van der Waals surface area (Å²) in [5, 5.41) is 14.0. The number of hydrogen-bond donors (Lipinski definition) is 1. The van der Waals surface area contributed by atoms with Crippen LogP contribution in [0.15, 0.2) is 28.8 Å². The Hall–Kier alpha value is -2.25. The van der Waals surface area contributed by atoms with Gasteiger partial charge in [-0.1, -0.05) is 17.3 Å². The summed E-state index contributed by atoms with van der Waals surface area (Å²) in [7, 11) is 0. The summed E-state index contributed by atoms with van der Waals surface area (Å²) in [6.07, 6.45) is 4.21. The minimum Gasteiger partial charge on any atom is -0.386 e. The van der Waals surface area contributed by atoms with Gasteiger partial charge in [-0.15, -0.1) is 0 Å². The lowest BCUT2D eigenvalue weighted by Crippen LogP contribution is -2.49. The fourth-order valence-corrected chi connectivity index (χ4v) is 4.66. The van der Waals surface area contributed by atoms with Crippen molar-refractivity contribution < 1.29 is 14.4 Å². The summed E-state index contributed by atoms with van der Waals surface area (Å²) in [5.41, 5.74) is 0.603. The number of aliphatic hydroxyl groups is 1. The second-order valence-corrected chi connectivity index (χ2v) is 9.17. The van der Waals surface area contributed by atoms with Gasteiger partial charge in [0.05, 0.1) is 11.5 Å². The molecule has 0 bridgehead atoms. The lowest BCUT2D eigenvalue weighted by atomic mass is 9.93. The van der Waals surface area contributed by atoms with Gasteiger partial charge in [0.2, 0.25) is 5.89 Å². The highest BCUT2D eigenvalue weighted by molar-refractivity contribution is 5.94. The number of amides is 1. The van der Waals surface area contributed by atoms with Crippen molar-refractivity contribution in [3.8, 4) is 0 Å². The predicted octanol–water partition coefficient (Wildman–Crippen LogP) is 3.09. The van der Waals surface area contributed by atoms with Crippen LogP contribution in [0.1, 0.15) is 73.1 Å². The van der Waals surface area contributed by atoms with E-state index in [4.69, 9.17) is 4.52 Å². The van der Waals surface area contributed by atoms with Crippen molar-refractivity contribution in [3.05, 3.63) is 47.1 Å². The van der Waals surface area contributed by atoms with Crippen molar-refractivity contribution in [2.75, 3.05) is 26.2 Å². The second kappa shape index (κ2) is 8.47. The number of aromatic nitrogens is 2. The summed E-state index contributed by atoms with van der Waals surface area (Å²) < 4.78 is 5.41. The van der Waals surface area contributed by atoms with Crippen LogP contribution in [0.5, 0.6) is 0 Å². The molecule has 2 aliphatic rings. The van der Waals surface area contributed by atoms with Gasteiger partial charge in [0.25, 0.3) is 5.91 Å². The molecule has 4 rings (SSSR count). The molecule has 1 atom stereocenters. The Labute approximate surface area is 178 Å². The van der Waals surface area contributed by atoms with E-state index >= 15 is 0 Å². The minimum absolute atomic E-state index is 0.0774. The third kappa shape index (κ3) is 4.57. The van der Waals surface area contributed by atoms with Gasteiger partial charge in [-0.2, -0.15) is 4.98 Å². The predicted molar refractivity (Wildman–Crippen MR) is 113 cm³/mol. The lowest BCUT2D eigenvalue weighted by Gasteiger charge is -2.41. The van der Waals surface area contributed by atoms with Crippen LogP contribution in [-0.2, 0) is 5.60 Å². The average Bonchev–Trinajstić information content (AvgIpc) is 3.19. The van der Waals surface area contributed by atoms with Crippen LogP contribution in [0, 0.1) is 6.92 Å². The number of aryl methyl sites for hydroxylation is 1. The molecule has 2 saturated heterocycles. The van der Waals surface area contributed by atoms with Crippen LogP contribution in [0.2, 0.25) is 0 Å². The van der Waals surface area contributed by atoms with Gasteiger partial charge in [-0.3, -0.25) is 9.69 Å². The zero-order chi connectivity index (χ0) is 21.3. The first-order valence-electron chi connectivity index (χ1n) is 11.0. The quantitative estimate of drug-likeness (QED) is 0.831. The molecule has 2 aliphatic heterocycles.